The first-order chi connectivity index (χ1) is 31.9. The van der Waals surface area contributed by atoms with Crippen molar-refractivity contribution < 1.29 is 37.9 Å². The second kappa shape index (κ2) is 17.5. The van der Waals surface area contributed by atoms with Crippen LogP contribution in [0.5, 0.6) is 0 Å². The number of imide groups is 1. The van der Waals surface area contributed by atoms with Crippen LogP contribution in [0.1, 0.15) is 71.9 Å². The number of benzene rings is 2. The number of amides is 5. The number of rotatable bonds is 11. The van der Waals surface area contributed by atoms with E-state index in [-0.39, 0.29) is 61.0 Å². The van der Waals surface area contributed by atoms with Crippen molar-refractivity contribution in [3.8, 4) is 11.1 Å². The fraction of sp³-hybridized carbons (Fsp3) is 0.391. The minimum absolute atomic E-state index is 0.0518. The van der Waals surface area contributed by atoms with Crippen molar-refractivity contribution in [3.63, 3.8) is 0 Å². The van der Waals surface area contributed by atoms with Gasteiger partial charge in [0.15, 0.2) is 22.8 Å². The van der Waals surface area contributed by atoms with Crippen molar-refractivity contribution in [2.45, 2.75) is 75.7 Å². The Hall–Kier alpha value is -6.80. The molecule has 0 saturated carbocycles. The monoisotopic (exact) mass is 919 g/mol. The largest absolute Gasteiger partial charge is 0.389 e. The molecule has 342 valence electrons. The van der Waals surface area contributed by atoms with Gasteiger partial charge in [0.2, 0.25) is 17.7 Å². The first-order valence-electron chi connectivity index (χ1n) is 22.1. The number of hydrogen-bond acceptors (Lipinski definition) is 13. The molecule has 2 atom stereocenters. The highest BCUT2D eigenvalue weighted by molar-refractivity contribution is 7.13. The normalized spacial score (nSPS) is 19.7. The third-order valence-electron chi connectivity index (χ3n) is 13.4. The van der Waals surface area contributed by atoms with Crippen LogP contribution in [-0.4, -0.2) is 115 Å². The van der Waals surface area contributed by atoms with Crippen LogP contribution in [0.25, 0.3) is 11.1 Å². The second-order valence-corrected chi connectivity index (χ2v) is 18.4. The minimum atomic E-state index is -1.25. The Morgan fingerprint density at radius 3 is 2.42 bits per heavy atom. The summed E-state index contributed by atoms with van der Waals surface area (Å²) in [7, 11) is 0. The molecule has 8 heterocycles. The number of aryl methyl sites for hydroxylation is 1. The first-order valence-corrected chi connectivity index (χ1v) is 23.0. The maximum absolute atomic E-state index is 16.0. The number of anilines is 4. The Morgan fingerprint density at radius 2 is 1.70 bits per heavy atom. The summed E-state index contributed by atoms with van der Waals surface area (Å²) in [6, 6.07) is 10.2. The highest BCUT2D eigenvalue weighted by Gasteiger charge is 2.43. The predicted molar refractivity (Wildman–Crippen MR) is 240 cm³/mol. The van der Waals surface area contributed by atoms with Gasteiger partial charge in [0, 0.05) is 92.4 Å². The number of aliphatic hydroxyl groups is 1. The van der Waals surface area contributed by atoms with Gasteiger partial charge >= 0.3 is 0 Å². The van der Waals surface area contributed by atoms with Crippen LogP contribution in [0.15, 0.2) is 66.6 Å². The van der Waals surface area contributed by atoms with E-state index in [9.17, 15) is 29.1 Å². The van der Waals surface area contributed by atoms with Gasteiger partial charge in [-0.3, -0.25) is 34.6 Å². The number of piperazine rings is 1. The molecule has 20 heteroatoms. The van der Waals surface area contributed by atoms with Gasteiger partial charge in [-0.1, -0.05) is 12.1 Å². The van der Waals surface area contributed by atoms with Crippen molar-refractivity contribution in [1.29, 1.82) is 0 Å². The van der Waals surface area contributed by atoms with Crippen LogP contribution in [-0.2, 0) is 38.7 Å². The predicted octanol–water partition coefficient (Wildman–Crippen LogP) is 4.25. The summed E-state index contributed by atoms with van der Waals surface area (Å²) >= 11 is 1.26. The molecule has 0 radical (unpaired) electrons. The molecule has 0 spiro atoms. The molecule has 4 N–H and O–H groups in total. The van der Waals surface area contributed by atoms with E-state index in [1.807, 2.05) is 28.8 Å². The Labute approximate surface area is 381 Å². The summed E-state index contributed by atoms with van der Waals surface area (Å²) in [4.78, 5) is 85.1. The van der Waals surface area contributed by atoms with E-state index in [2.05, 4.69) is 35.8 Å². The van der Waals surface area contributed by atoms with E-state index in [1.165, 1.54) is 34.6 Å². The molecular formula is C46H47F2N11O6S. The van der Waals surface area contributed by atoms with E-state index in [0.717, 1.165) is 30.8 Å². The number of hydrogen-bond donors (Lipinski definition) is 4. The van der Waals surface area contributed by atoms with Crippen molar-refractivity contribution in [2.24, 2.45) is 0 Å². The Bertz CT molecular complexity index is 2720. The Morgan fingerprint density at radius 1 is 0.909 bits per heavy atom. The molecule has 2 aromatic carbocycles. The lowest BCUT2D eigenvalue weighted by Crippen LogP contribution is -2.52. The van der Waals surface area contributed by atoms with Crippen molar-refractivity contribution >= 4 is 63.2 Å². The van der Waals surface area contributed by atoms with Crippen LogP contribution in [0.2, 0.25) is 0 Å². The fourth-order valence-corrected chi connectivity index (χ4v) is 10.3. The number of pyridine rings is 1. The number of nitrogens with zero attached hydrogens (tertiary/aromatic N) is 8. The number of nitrogens with one attached hydrogen (secondary N) is 3. The van der Waals surface area contributed by atoms with Gasteiger partial charge in [0.05, 0.1) is 42.5 Å². The number of thiazole rings is 1. The third kappa shape index (κ3) is 8.45. The van der Waals surface area contributed by atoms with Crippen LogP contribution in [0, 0.1) is 11.6 Å². The molecule has 0 aliphatic carbocycles. The van der Waals surface area contributed by atoms with Gasteiger partial charge in [-0.25, -0.2) is 23.7 Å². The summed E-state index contributed by atoms with van der Waals surface area (Å²) in [6.07, 6.45) is 7.27. The molecule has 5 aliphatic heterocycles. The number of aromatic nitrogens is 4. The SMILES string of the molecule is O=C1CC[C@H](Nc2cnc(N3CCC(O)(CC(=O)N4CCN(c5ccc(-c6cc(F)c7c(c6)C(=O)N(C(C(=O)Nc6nccs6)c6ncn8c6CCC8)C7)cc5)CC4)CC3)c(F)c2)C(=O)N1. The highest BCUT2D eigenvalue weighted by Crippen LogP contribution is 2.39. The van der Waals surface area contributed by atoms with Gasteiger partial charge < -0.3 is 34.6 Å². The molecule has 10 rings (SSSR count). The zero-order chi connectivity index (χ0) is 45.7. The van der Waals surface area contributed by atoms with E-state index < -0.39 is 47.0 Å². The maximum atomic E-state index is 16.0. The van der Waals surface area contributed by atoms with Gasteiger partial charge in [-0.05, 0) is 67.5 Å². The average molecular weight is 920 g/mol. The van der Waals surface area contributed by atoms with Crippen LogP contribution in [0.3, 0.4) is 0 Å². The summed E-state index contributed by atoms with van der Waals surface area (Å²) in [5, 5.41) is 21.6. The van der Waals surface area contributed by atoms with Gasteiger partial charge in [0.25, 0.3) is 11.8 Å². The first kappa shape index (κ1) is 43.1. The van der Waals surface area contributed by atoms with Gasteiger partial charge in [0.1, 0.15) is 11.9 Å². The standard InChI is InChI=1S/C46H47F2N11O6S/c47-33-21-28(20-31-32(33)25-59(44(31)64)40(43(63)54-45-49-11-19-66-45)39-36-2-1-12-58(36)26-51-39)27-3-5-30(6-4-27)55-15-17-56(18-16-55)38(61)23-46(65)9-13-57(14-10-46)41-34(48)22-29(24-50-41)52-35-7-8-37(60)53-42(35)62/h3-6,11,19-22,24,26,35,40,52,65H,1-2,7-10,12-18,23,25H2,(H,49,54,63)(H,53,60,62)/t35-,40?/m0/s1. The fourth-order valence-electron chi connectivity index (χ4n) is 9.72. The maximum Gasteiger partial charge on any atom is 0.255 e. The molecule has 66 heavy (non-hydrogen) atoms. The molecule has 5 aromatic rings. The molecule has 5 aliphatic rings. The van der Waals surface area contributed by atoms with Gasteiger partial charge in [-0.2, -0.15) is 0 Å². The molecule has 3 fully saturated rings. The van der Waals surface area contributed by atoms with Crippen molar-refractivity contribution in [2.75, 3.05) is 59.7 Å². The summed E-state index contributed by atoms with van der Waals surface area (Å²) in [5.41, 5.74) is 3.03. The quantitative estimate of drug-likeness (QED) is 0.138. The molecule has 5 amide bonds. The molecule has 3 saturated heterocycles. The summed E-state index contributed by atoms with van der Waals surface area (Å²) in [5.74, 6) is -2.88. The van der Waals surface area contributed by atoms with Crippen molar-refractivity contribution in [3.05, 3.63) is 101 Å². The van der Waals surface area contributed by atoms with E-state index >= 15 is 8.78 Å². The number of imidazole rings is 1. The zero-order valence-corrected chi connectivity index (χ0v) is 36.7. The number of halogens is 2. The summed E-state index contributed by atoms with van der Waals surface area (Å²) in [6.45, 7) is 3.32. The average Bonchev–Trinajstić information content (AvgIpc) is 4.13. The number of carbonyl (C=O) groups excluding carboxylic acids is 5. The lowest BCUT2D eigenvalue weighted by Gasteiger charge is -2.41. The Kier molecular flexibility index (Phi) is 11.5. The molecule has 3 aromatic heterocycles. The Balaban J connectivity index is 0.735. The topological polar surface area (TPSA) is 198 Å². The zero-order valence-electron chi connectivity index (χ0n) is 35.8. The number of fused-ring (bicyclic) bond motifs is 2. The summed E-state index contributed by atoms with van der Waals surface area (Å²) < 4.78 is 33.2. The number of carbonyl (C=O) groups is 5. The molecular weight excluding hydrogens is 873 g/mol. The second-order valence-electron chi connectivity index (χ2n) is 17.5. The van der Waals surface area contributed by atoms with Crippen LogP contribution in [0.4, 0.5) is 31.1 Å². The van der Waals surface area contributed by atoms with E-state index in [1.54, 1.807) is 33.8 Å². The smallest absolute Gasteiger partial charge is 0.255 e. The van der Waals surface area contributed by atoms with Crippen LogP contribution >= 0.6 is 11.3 Å². The molecule has 0 bridgehead atoms. The van der Waals surface area contributed by atoms with E-state index in [0.29, 0.717) is 73.3 Å². The third-order valence-corrected chi connectivity index (χ3v) is 14.1. The molecule has 1 unspecified atom stereocenters. The van der Waals surface area contributed by atoms with Gasteiger partial charge in [-0.15, -0.1) is 11.3 Å². The minimum Gasteiger partial charge on any atom is -0.389 e. The number of piperidine rings is 2. The van der Waals surface area contributed by atoms with Crippen LogP contribution < -0.4 is 25.8 Å². The lowest BCUT2D eigenvalue weighted by atomic mass is 9.87. The van der Waals surface area contributed by atoms with Crippen molar-refractivity contribution in [1.82, 2.24) is 34.6 Å². The molecule has 17 nitrogen and oxygen atoms in total. The van der Waals surface area contributed by atoms with E-state index in [4.69, 9.17) is 0 Å². The highest BCUT2D eigenvalue weighted by atomic mass is 32.1. The lowest BCUT2D eigenvalue weighted by molar-refractivity contribution is -0.138.